The van der Waals surface area contributed by atoms with E-state index in [1.807, 2.05) is 25.1 Å². The number of aryl methyl sites for hydroxylation is 1. The minimum Gasteiger partial charge on any atom is -0.486 e. The summed E-state index contributed by atoms with van der Waals surface area (Å²) in [4.78, 5) is 25.9. The molecule has 0 spiro atoms. The molecule has 0 saturated heterocycles. The molecule has 0 aliphatic carbocycles. The summed E-state index contributed by atoms with van der Waals surface area (Å²) < 4.78 is 46.5. The van der Waals surface area contributed by atoms with Crippen LogP contribution in [0, 0.1) is 6.92 Å². The SMILES string of the molecule is CCS(=O)(=O)c1cccc(-c2ccc(O[C@@H](C)COP(=O)(O)O)c3[nH]c4ncc(C)cc4c23)c1. The van der Waals surface area contributed by atoms with E-state index in [2.05, 4.69) is 14.5 Å². The average molecular weight is 505 g/mol. The molecule has 0 radical (unpaired) electrons. The van der Waals surface area contributed by atoms with Crippen molar-refractivity contribution >= 4 is 39.6 Å². The van der Waals surface area contributed by atoms with Gasteiger partial charge < -0.3 is 19.5 Å². The first-order valence-electron chi connectivity index (χ1n) is 10.6. The molecule has 0 unspecified atom stereocenters. The third kappa shape index (κ3) is 5.01. The Kier molecular flexibility index (Phi) is 6.54. The maximum atomic E-state index is 12.5. The molecule has 9 nitrogen and oxygen atoms in total. The van der Waals surface area contributed by atoms with E-state index in [1.54, 1.807) is 44.3 Å². The summed E-state index contributed by atoms with van der Waals surface area (Å²) >= 11 is 0. The molecule has 0 amide bonds. The van der Waals surface area contributed by atoms with Gasteiger partial charge in [-0.2, -0.15) is 0 Å². The minimum atomic E-state index is -4.62. The van der Waals surface area contributed by atoms with Crippen molar-refractivity contribution in [2.75, 3.05) is 12.4 Å². The van der Waals surface area contributed by atoms with E-state index in [9.17, 15) is 13.0 Å². The Morgan fingerprint density at radius 3 is 2.65 bits per heavy atom. The van der Waals surface area contributed by atoms with E-state index in [0.717, 1.165) is 27.5 Å². The highest BCUT2D eigenvalue weighted by atomic mass is 32.2. The third-order valence-electron chi connectivity index (χ3n) is 5.39. The van der Waals surface area contributed by atoms with Crippen LogP contribution in [0.3, 0.4) is 0 Å². The lowest BCUT2D eigenvalue weighted by atomic mass is 9.99. The quantitative estimate of drug-likeness (QED) is 0.301. The van der Waals surface area contributed by atoms with Gasteiger partial charge in [0, 0.05) is 17.0 Å². The van der Waals surface area contributed by atoms with Crippen molar-refractivity contribution in [3.05, 3.63) is 54.2 Å². The van der Waals surface area contributed by atoms with E-state index in [-0.39, 0.29) is 17.3 Å². The number of pyridine rings is 1. The highest BCUT2D eigenvalue weighted by Gasteiger charge is 2.21. The molecule has 4 rings (SSSR count). The molecule has 11 heteroatoms. The second-order valence-corrected chi connectivity index (χ2v) is 11.6. The van der Waals surface area contributed by atoms with Crippen LogP contribution in [-0.2, 0) is 18.9 Å². The van der Waals surface area contributed by atoms with Gasteiger partial charge in [-0.05, 0) is 60.9 Å². The number of phosphoric acid groups is 1. The van der Waals surface area contributed by atoms with Crippen molar-refractivity contribution in [1.82, 2.24) is 9.97 Å². The van der Waals surface area contributed by atoms with Crippen molar-refractivity contribution in [3.63, 3.8) is 0 Å². The van der Waals surface area contributed by atoms with E-state index < -0.39 is 23.8 Å². The molecule has 2 aromatic carbocycles. The maximum absolute atomic E-state index is 12.5. The summed E-state index contributed by atoms with van der Waals surface area (Å²) in [5, 5.41) is 1.65. The fraction of sp³-hybridized carbons (Fsp3) is 0.261. The molecule has 0 bridgehead atoms. The Morgan fingerprint density at radius 2 is 1.94 bits per heavy atom. The zero-order chi connectivity index (χ0) is 24.7. The van der Waals surface area contributed by atoms with Crippen molar-refractivity contribution in [1.29, 1.82) is 0 Å². The maximum Gasteiger partial charge on any atom is 0.469 e. The smallest absolute Gasteiger partial charge is 0.469 e. The van der Waals surface area contributed by atoms with Gasteiger partial charge in [-0.15, -0.1) is 0 Å². The van der Waals surface area contributed by atoms with Crippen molar-refractivity contribution < 1.29 is 32.0 Å². The molecule has 180 valence electrons. The molecule has 34 heavy (non-hydrogen) atoms. The predicted octanol–water partition coefficient (Wildman–Crippen LogP) is 4.36. The Morgan fingerprint density at radius 1 is 1.18 bits per heavy atom. The van der Waals surface area contributed by atoms with Gasteiger partial charge in [-0.3, -0.25) is 4.52 Å². The van der Waals surface area contributed by atoms with Crippen LogP contribution in [0.5, 0.6) is 5.75 Å². The second kappa shape index (κ2) is 9.13. The van der Waals surface area contributed by atoms with Gasteiger partial charge in [0.25, 0.3) is 0 Å². The topological polar surface area (TPSA) is 139 Å². The fourth-order valence-electron chi connectivity index (χ4n) is 3.78. The molecule has 2 heterocycles. The number of aromatic amines is 1. The fourth-order valence-corrected chi connectivity index (χ4v) is 5.11. The van der Waals surface area contributed by atoms with Crippen LogP contribution >= 0.6 is 7.82 Å². The Hall–Kier alpha value is -2.75. The van der Waals surface area contributed by atoms with Crippen molar-refractivity contribution in [2.24, 2.45) is 0 Å². The summed E-state index contributed by atoms with van der Waals surface area (Å²) in [5.41, 5.74) is 3.75. The van der Waals surface area contributed by atoms with E-state index in [4.69, 9.17) is 14.5 Å². The lowest BCUT2D eigenvalue weighted by Crippen LogP contribution is -2.18. The first-order chi connectivity index (χ1) is 16.0. The van der Waals surface area contributed by atoms with Gasteiger partial charge in [0.1, 0.15) is 17.5 Å². The van der Waals surface area contributed by atoms with E-state index in [0.29, 0.717) is 16.9 Å². The summed E-state index contributed by atoms with van der Waals surface area (Å²) in [6.45, 7) is 4.88. The summed E-state index contributed by atoms with van der Waals surface area (Å²) in [6.07, 6.45) is 1.09. The molecule has 0 fully saturated rings. The Bertz CT molecular complexity index is 1530. The molecule has 3 N–H and O–H groups in total. The van der Waals surface area contributed by atoms with Crippen LogP contribution in [0.1, 0.15) is 19.4 Å². The molecule has 0 aliphatic heterocycles. The number of H-pyrrole nitrogens is 1. The minimum absolute atomic E-state index is 0.00339. The van der Waals surface area contributed by atoms with Crippen molar-refractivity contribution in [2.45, 2.75) is 31.8 Å². The largest absolute Gasteiger partial charge is 0.486 e. The number of ether oxygens (including phenoxy) is 1. The number of aromatic nitrogens is 2. The number of rotatable bonds is 8. The Labute approximate surface area is 196 Å². The number of sulfone groups is 1. The van der Waals surface area contributed by atoms with Crippen LogP contribution in [0.25, 0.3) is 33.1 Å². The molecular weight excluding hydrogens is 479 g/mol. The summed E-state index contributed by atoms with van der Waals surface area (Å²) in [5.74, 6) is 0.456. The number of nitrogens with one attached hydrogen (secondary N) is 1. The third-order valence-corrected chi connectivity index (χ3v) is 7.61. The number of hydrogen-bond acceptors (Lipinski definition) is 6. The lowest BCUT2D eigenvalue weighted by molar-refractivity contribution is 0.113. The van der Waals surface area contributed by atoms with Crippen LogP contribution in [-0.4, -0.2) is 46.6 Å². The number of phosphoric ester groups is 1. The monoisotopic (exact) mass is 504 g/mol. The van der Waals surface area contributed by atoms with Gasteiger partial charge in [0.05, 0.1) is 22.8 Å². The Balaban J connectivity index is 1.87. The molecule has 4 aromatic rings. The number of hydrogen-bond donors (Lipinski definition) is 3. The predicted molar refractivity (Wildman–Crippen MR) is 130 cm³/mol. The first-order valence-corrected chi connectivity index (χ1v) is 13.8. The van der Waals surface area contributed by atoms with Crippen LogP contribution in [0.4, 0.5) is 0 Å². The van der Waals surface area contributed by atoms with Gasteiger partial charge in [-0.1, -0.05) is 19.1 Å². The lowest BCUT2D eigenvalue weighted by Gasteiger charge is -2.17. The van der Waals surface area contributed by atoms with E-state index in [1.165, 1.54) is 0 Å². The normalized spacial score (nSPS) is 13.4. The van der Waals surface area contributed by atoms with Crippen LogP contribution in [0.15, 0.2) is 53.6 Å². The average Bonchev–Trinajstić information content (AvgIpc) is 3.17. The van der Waals surface area contributed by atoms with Gasteiger partial charge >= 0.3 is 7.82 Å². The molecule has 0 aliphatic rings. The number of nitrogens with zero attached hydrogens (tertiary/aromatic N) is 1. The molecule has 0 saturated carbocycles. The number of fused-ring (bicyclic) bond motifs is 3. The standard InChI is InChI=1S/C23H25N2O7PS/c1-4-34(29,30)17-7-5-6-16(11-17)18-8-9-20(32-15(3)13-31-33(26,27)28)22-21(18)19-10-14(2)12-24-23(19)25-22/h5-12,15H,4,13H2,1-3H3,(H,24,25)(H2,26,27,28)/t15-/m0/s1. The van der Waals surface area contributed by atoms with Gasteiger partial charge in [-0.25, -0.2) is 18.0 Å². The zero-order valence-electron chi connectivity index (χ0n) is 18.8. The summed E-state index contributed by atoms with van der Waals surface area (Å²) in [6, 6.07) is 12.4. The number of benzene rings is 2. The summed E-state index contributed by atoms with van der Waals surface area (Å²) in [7, 11) is -8.00. The zero-order valence-corrected chi connectivity index (χ0v) is 20.6. The molecule has 2 aromatic heterocycles. The second-order valence-electron chi connectivity index (χ2n) is 8.04. The van der Waals surface area contributed by atoms with Crippen LogP contribution < -0.4 is 4.74 Å². The van der Waals surface area contributed by atoms with E-state index >= 15 is 0 Å². The van der Waals surface area contributed by atoms with Gasteiger partial charge in [0.2, 0.25) is 0 Å². The molecular formula is C23H25N2O7PS. The molecule has 1 atom stereocenters. The highest BCUT2D eigenvalue weighted by molar-refractivity contribution is 7.91. The van der Waals surface area contributed by atoms with Crippen LogP contribution in [0.2, 0.25) is 0 Å². The van der Waals surface area contributed by atoms with Gasteiger partial charge in [0.15, 0.2) is 9.84 Å². The van der Waals surface area contributed by atoms with Crippen molar-refractivity contribution in [3.8, 4) is 16.9 Å². The highest BCUT2D eigenvalue weighted by Crippen LogP contribution is 2.40. The first kappa shape index (κ1) is 24.4.